The topological polar surface area (TPSA) is 59.9 Å². The number of carbonyl (C=O) groups is 1. The van der Waals surface area contributed by atoms with Gasteiger partial charge in [0.15, 0.2) is 0 Å². The predicted octanol–water partition coefficient (Wildman–Crippen LogP) is 7.41. The molecule has 7 heteroatoms. The third-order valence-corrected chi connectivity index (χ3v) is 6.71. The maximum atomic E-state index is 12.6. The molecule has 0 aliphatic rings. The van der Waals surface area contributed by atoms with Gasteiger partial charge in [0.25, 0.3) is 5.91 Å². The fourth-order valence-corrected chi connectivity index (χ4v) is 5.22. The van der Waals surface area contributed by atoms with Gasteiger partial charge in [-0.2, -0.15) is 5.10 Å². The van der Waals surface area contributed by atoms with E-state index in [1.807, 2.05) is 74.5 Å². The van der Waals surface area contributed by atoms with Crippen molar-refractivity contribution in [3.05, 3.63) is 104 Å². The average molecular weight is 596 g/mol. The van der Waals surface area contributed by atoms with Crippen LogP contribution in [0.15, 0.2) is 86.8 Å². The average Bonchev–Trinajstić information content (AvgIpc) is 2.86. The first-order valence-corrected chi connectivity index (χ1v) is 12.5. The van der Waals surface area contributed by atoms with E-state index in [9.17, 15) is 4.79 Å². The van der Waals surface area contributed by atoms with Gasteiger partial charge in [0.1, 0.15) is 18.1 Å². The van der Waals surface area contributed by atoms with Gasteiger partial charge >= 0.3 is 0 Å². The van der Waals surface area contributed by atoms with Crippen LogP contribution in [0.5, 0.6) is 11.5 Å². The molecule has 0 aliphatic carbocycles. The van der Waals surface area contributed by atoms with Gasteiger partial charge in [-0.25, -0.2) is 5.43 Å². The minimum atomic E-state index is -0.272. The number of benzene rings is 4. The van der Waals surface area contributed by atoms with E-state index in [-0.39, 0.29) is 5.91 Å². The van der Waals surface area contributed by atoms with Crippen LogP contribution in [0.25, 0.3) is 10.8 Å². The van der Waals surface area contributed by atoms with Crippen molar-refractivity contribution in [2.75, 3.05) is 7.11 Å². The number of hydrazone groups is 1. The number of fused-ring (bicyclic) bond motifs is 1. The van der Waals surface area contributed by atoms with E-state index in [1.165, 1.54) is 0 Å². The maximum absolute atomic E-state index is 12.6. The van der Waals surface area contributed by atoms with Crippen molar-refractivity contribution < 1.29 is 14.3 Å². The van der Waals surface area contributed by atoms with Crippen LogP contribution in [0.1, 0.15) is 34.0 Å². The van der Waals surface area contributed by atoms with Gasteiger partial charge in [0.05, 0.1) is 21.8 Å². The zero-order valence-corrected chi connectivity index (χ0v) is 22.7. The Hall–Kier alpha value is -3.16. The third kappa shape index (κ3) is 6.10. The van der Waals surface area contributed by atoms with Crippen molar-refractivity contribution in [1.29, 1.82) is 0 Å². The van der Waals surface area contributed by atoms with Crippen LogP contribution in [0, 0.1) is 6.92 Å². The van der Waals surface area contributed by atoms with Gasteiger partial charge in [-0.3, -0.25) is 4.79 Å². The van der Waals surface area contributed by atoms with E-state index >= 15 is 0 Å². The number of hydrogen-bond donors (Lipinski definition) is 1. The van der Waals surface area contributed by atoms with Crippen molar-refractivity contribution in [2.45, 2.75) is 20.5 Å². The van der Waals surface area contributed by atoms with Crippen LogP contribution in [-0.4, -0.2) is 18.7 Å². The summed E-state index contributed by atoms with van der Waals surface area (Å²) >= 11 is 7.08. The zero-order chi connectivity index (χ0) is 24.9. The van der Waals surface area contributed by atoms with Crippen molar-refractivity contribution in [3.63, 3.8) is 0 Å². The first-order valence-electron chi connectivity index (χ1n) is 10.9. The van der Waals surface area contributed by atoms with Crippen LogP contribution >= 0.6 is 31.9 Å². The number of nitrogens with one attached hydrogen (secondary N) is 1. The predicted molar refractivity (Wildman–Crippen MR) is 148 cm³/mol. The smallest absolute Gasteiger partial charge is 0.271 e. The van der Waals surface area contributed by atoms with Crippen LogP contribution in [0.4, 0.5) is 0 Å². The number of nitrogens with zero attached hydrogens (tertiary/aromatic N) is 1. The molecule has 5 nitrogen and oxygen atoms in total. The molecular formula is C28H24Br2N2O3. The summed E-state index contributed by atoms with van der Waals surface area (Å²) in [7, 11) is 1.65. The number of aryl methyl sites for hydroxylation is 1. The van der Waals surface area contributed by atoms with E-state index in [4.69, 9.17) is 9.47 Å². The fraction of sp³-hybridized carbons (Fsp3) is 0.143. The molecule has 35 heavy (non-hydrogen) atoms. The molecule has 0 saturated carbocycles. The first-order chi connectivity index (χ1) is 16.8. The lowest BCUT2D eigenvalue weighted by Crippen LogP contribution is -2.19. The van der Waals surface area contributed by atoms with Crippen molar-refractivity contribution in [3.8, 4) is 11.5 Å². The molecule has 1 amide bonds. The Morgan fingerprint density at radius 3 is 2.20 bits per heavy atom. The zero-order valence-electron chi connectivity index (χ0n) is 19.6. The normalized spacial score (nSPS) is 11.4. The summed E-state index contributed by atoms with van der Waals surface area (Å²) < 4.78 is 13.0. The molecular weight excluding hydrogens is 572 g/mol. The number of ether oxygens (including phenoxy) is 2. The Kier molecular flexibility index (Phi) is 7.88. The standard InChI is InChI=1S/C28H24Br2N2O3/c1-17-12-25(29)27(26(30)13-17)35-16-19-4-6-20(7-5-19)28(33)32-31-18(2)21-8-9-23-15-24(34-3)11-10-22(23)14-21/h4-15H,16H2,1-3H3,(H,32,33). The Morgan fingerprint density at radius 2 is 1.51 bits per heavy atom. The van der Waals surface area contributed by atoms with E-state index < -0.39 is 0 Å². The number of hydrogen-bond acceptors (Lipinski definition) is 4. The van der Waals surface area contributed by atoms with E-state index in [0.717, 1.165) is 53.6 Å². The summed E-state index contributed by atoms with van der Waals surface area (Å²) in [4.78, 5) is 12.6. The molecule has 0 spiro atoms. The highest BCUT2D eigenvalue weighted by atomic mass is 79.9. The summed E-state index contributed by atoms with van der Waals surface area (Å²) in [5, 5.41) is 6.45. The Labute approximate surface area is 221 Å². The molecule has 178 valence electrons. The molecule has 4 aromatic carbocycles. The second kappa shape index (κ2) is 11.1. The summed E-state index contributed by atoms with van der Waals surface area (Å²) in [6.07, 6.45) is 0. The van der Waals surface area contributed by atoms with Gasteiger partial charge < -0.3 is 9.47 Å². The SMILES string of the molecule is COc1ccc2cc(C(C)=NNC(=O)c3ccc(COc4c(Br)cc(C)cc4Br)cc3)ccc2c1. The Bertz CT molecular complexity index is 1390. The number of rotatable bonds is 7. The van der Waals surface area contributed by atoms with Gasteiger partial charge in [0.2, 0.25) is 0 Å². The minimum absolute atomic E-state index is 0.272. The molecule has 4 rings (SSSR count). The molecule has 1 N–H and O–H groups in total. The van der Waals surface area contributed by atoms with Crippen molar-refractivity contribution in [1.82, 2.24) is 5.43 Å². The maximum Gasteiger partial charge on any atom is 0.271 e. The molecule has 0 bridgehead atoms. The van der Waals surface area contributed by atoms with Gasteiger partial charge in [-0.1, -0.05) is 30.3 Å². The molecule has 0 atom stereocenters. The Morgan fingerprint density at radius 1 is 0.886 bits per heavy atom. The highest BCUT2D eigenvalue weighted by molar-refractivity contribution is 9.11. The fourth-order valence-electron chi connectivity index (χ4n) is 3.57. The third-order valence-electron chi connectivity index (χ3n) is 5.53. The van der Waals surface area contributed by atoms with E-state index in [1.54, 1.807) is 19.2 Å². The Balaban J connectivity index is 1.38. The second-order valence-electron chi connectivity index (χ2n) is 8.11. The van der Waals surface area contributed by atoms with Crippen LogP contribution in [0.3, 0.4) is 0 Å². The van der Waals surface area contributed by atoms with Gasteiger partial charge in [-0.05, 0) is 116 Å². The second-order valence-corrected chi connectivity index (χ2v) is 9.82. The lowest BCUT2D eigenvalue weighted by Gasteiger charge is -2.11. The van der Waals surface area contributed by atoms with E-state index in [2.05, 4.69) is 42.4 Å². The molecule has 0 saturated heterocycles. The van der Waals surface area contributed by atoms with Crippen LogP contribution < -0.4 is 14.9 Å². The summed E-state index contributed by atoms with van der Waals surface area (Å²) in [6, 6.07) is 23.2. The molecule has 0 unspecified atom stereocenters. The van der Waals surface area contributed by atoms with Crippen LogP contribution in [0.2, 0.25) is 0 Å². The number of halogens is 2. The van der Waals surface area contributed by atoms with Crippen molar-refractivity contribution >= 4 is 54.3 Å². The minimum Gasteiger partial charge on any atom is -0.497 e. The lowest BCUT2D eigenvalue weighted by molar-refractivity contribution is 0.0955. The molecule has 0 aliphatic heterocycles. The monoisotopic (exact) mass is 594 g/mol. The number of amides is 1. The van der Waals surface area contributed by atoms with Gasteiger partial charge in [-0.15, -0.1) is 0 Å². The van der Waals surface area contributed by atoms with Crippen molar-refractivity contribution in [2.24, 2.45) is 5.10 Å². The molecule has 0 fully saturated rings. The first kappa shape index (κ1) is 24.9. The number of carbonyl (C=O) groups excluding carboxylic acids is 1. The van der Waals surface area contributed by atoms with Crippen LogP contribution in [-0.2, 0) is 6.61 Å². The summed E-state index contributed by atoms with van der Waals surface area (Å²) in [6.45, 7) is 4.27. The summed E-state index contributed by atoms with van der Waals surface area (Å²) in [5.74, 6) is 1.29. The largest absolute Gasteiger partial charge is 0.497 e. The molecule has 0 radical (unpaired) electrons. The van der Waals surface area contributed by atoms with Gasteiger partial charge in [0, 0.05) is 5.56 Å². The molecule has 4 aromatic rings. The summed E-state index contributed by atoms with van der Waals surface area (Å²) in [5.41, 5.74) is 6.90. The molecule has 0 aromatic heterocycles. The highest BCUT2D eigenvalue weighted by Gasteiger charge is 2.10. The highest BCUT2D eigenvalue weighted by Crippen LogP contribution is 2.35. The molecule has 0 heterocycles. The lowest BCUT2D eigenvalue weighted by atomic mass is 10.0. The quantitative estimate of drug-likeness (QED) is 0.179. The van der Waals surface area contributed by atoms with E-state index in [0.29, 0.717) is 12.2 Å². The number of methoxy groups -OCH3 is 1.